The van der Waals surface area contributed by atoms with Gasteiger partial charge < -0.3 is 10.6 Å². The average Bonchev–Trinajstić information content (AvgIpc) is 3.19. The Kier molecular flexibility index (Phi) is 5.80. The van der Waals surface area contributed by atoms with Gasteiger partial charge in [0.15, 0.2) is 0 Å². The molecule has 0 aromatic heterocycles. The predicted octanol–water partition coefficient (Wildman–Crippen LogP) is 8.10. The summed E-state index contributed by atoms with van der Waals surface area (Å²) in [5.74, 6) is 0. The first-order valence-electron chi connectivity index (χ1n) is 12.4. The van der Waals surface area contributed by atoms with Crippen LogP contribution in [0.5, 0.6) is 0 Å². The number of nitrogens with zero attached hydrogens (tertiary/aromatic N) is 2. The van der Waals surface area contributed by atoms with Crippen molar-refractivity contribution in [3.8, 4) is 0 Å². The highest BCUT2D eigenvalue weighted by atomic mass is 35.5. The van der Waals surface area contributed by atoms with Crippen molar-refractivity contribution in [2.45, 2.75) is 57.8 Å². The Labute approximate surface area is 214 Å². The number of hydrogen-bond acceptors (Lipinski definition) is 3. The van der Waals surface area contributed by atoms with Crippen molar-refractivity contribution in [1.82, 2.24) is 0 Å². The van der Waals surface area contributed by atoms with Crippen LogP contribution in [-0.2, 0) is 10.8 Å². The van der Waals surface area contributed by atoms with Crippen molar-refractivity contribution in [2.24, 2.45) is 4.99 Å². The van der Waals surface area contributed by atoms with Gasteiger partial charge in [-0.2, -0.15) is 0 Å². The average molecular weight is 484 g/mol. The SMILES string of the molecule is CN1/C(=C/C=C2\CCCC(/C=C/C3=Nc4ccc(N)cc4C3(C)C)=C2Cl)C(C)(C)c2ccccc21. The molecule has 0 spiro atoms. The number of likely N-dealkylation sites (N-methyl/N-ethyl adjacent to an activating group) is 1. The fraction of sp³-hybridized carbons (Fsp3) is 0.323. The molecule has 0 bridgehead atoms. The van der Waals surface area contributed by atoms with E-state index in [9.17, 15) is 0 Å². The van der Waals surface area contributed by atoms with E-state index < -0.39 is 0 Å². The molecule has 0 radical (unpaired) electrons. The molecule has 2 N–H and O–H groups in total. The Hall–Kier alpha value is -3.04. The largest absolute Gasteiger partial charge is 0.399 e. The molecular formula is C31H34ClN3. The lowest BCUT2D eigenvalue weighted by Crippen LogP contribution is -2.23. The topological polar surface area (TPSA) is 41.6 Å². The summed E-state index contributed by atoms with van der Waals surface area (Å²) in [5, 5.41) is 0.874. The molecular weight excluding hydrogens is 450 g/mol. The van der Waals surface area contributed by atoms with Crippen molar-refractivity contribution >= 4 is 34.4 Å². The van der Waals surface area contributed by atoms with Gasteiger partial charge in [0.05, 0.1) is 11.4 Å². The fourth-order valence-electron chi connectivity index (χ4n) is 5.67. The van der Waals surface area contributed by atoms with Crippen LogP contribution in [0.4, 0.5) is 17.1 Å². The number of fused-ring (bicyclic) bond motifs is 2. The smallest absolute Gasteiger partial charge is 0.0676 e. The summed E-state index contributed by atoms with van der Waals surface area (Å²) in [4.78, 5) is 7.19. The maximum Gasteiger partial charge on any atom is 0.0676 e. The van der Waals surface area contributed by atoms with Crippen molar-refractivity contribution in [3.63, 3.8) is 0 Å². The van der Waals surface area contributed by atoms with E-state index in [4.69, 9.17) is 22.3 Å². The van der Waals surface area contributed by atoms with Crippen LogP contribution in [0.2, 0.25) is 0 Å². The monoisotopic (exact) mass is 483 g/mol. The van der Waals surface area contributed by atoms with Gasteiger partial charge in [0.25, 0.3) is 0 Å². The van der Waals surface area contributed by atoms with Gasteiger partial charge in [-0.15, -0.1) is 0 Å². The number of rotatable bonds is 3. The van der Waals surface area contributed by atoms with Gasteiger partial charge in [-0.1, -0.05) is 69.6 Å². The minimum atomic E-state index is -0.181. The Balaban J connectivity index is 1.43. The molecule has 180 valence electrons. The Morgan fingerprint density at radius 2 is 1.71 bits per heavy atom. The fourth-order valence-corrected chi connectivity index (χ4v) is 5.99. The summed E-state index contributed by atoms with van der Waals surface area (Å²) in [5.41, 5.74) is 16.1. The number of benzene rings is 2. The highest BCUT2D eigenvalue weighted by Crippen LogP contribution is 2.47. The van der Waals surface area contributed by atoms with E-state index in [1.807, 2.05) is 18.2 Å². The summed E-state index contributed by atoms with van der Waals surface area (Å²) in [6.07, 6.45) is 11.9. The third kappa shape index (κ3) is 3.96. The molecule has 2 aromatic carbocycles. The van der Waals surface area contributed by atoms with Crippen LogP contribution in [0.15, 0.2) is 93.6 Å². The highest BCUT2D eigenvalue weighted by molar-refractivity contribution is 6.32. The third-order valence-electron chi connectivity index (χ3n) is 7.86. The van der Waals surface area contributed by atoms with Crippen molar-refractivity contribution < 1.29 is 0 Å². The summed E-state index contributed by atoms with van der Waals surface area (Å²) in [6, 6.07) is 14.6. The quantitative estimate of drug-likeness (QED) is 0.448. The van der Waals surface area contributed by atoms with Crippen molar-refractivity contribution in [2.75, 3.05) is 17.7 Å². The van der Waals surface area contributed by atoms with Crippen LogP contribution in [0.25, 0.3) is 0 Å². The van der Waals surface area contributed by atoms with Crippen LogP contribution < -0.4 is 10.6 Å². The molecule has 0 atom stereocenters. The third-order valence-corrected chi connectivity index (χ3v) is 8.34. The van der Waals surface area contributed by atoms with Gasteiger partial charge in [0.2, 0.25) is 0 Å². The number of halogens is 1. The van der Waals surface area contributed by atoms with E-state index in [-0.39, 0.29) is 10.8 Å². The zero-order chi connectivity index (χ0) is 25.0. The van der Waals surface area contributed by atoms with E-state index in [2.05, 4.69) is 88.2 Å². The molecule has 4 heteroatoms. The molecule has 2 heterocycles. The molecule has 3 nitrogen and oxygen atoms in total. The molecule has 0 saturated carbocycles. The van der Waals surface area contributed by atoms with Crippen LogP contribution in [-0.4, -0.2) is 12.8 Å². The van der Waals surface area contributed by atoms with Gasteiger partial charge in [0, 0.05) is 40.0 Å². The zero-order valence-corrected chi connectivity index (χ0v) is 22.1. The lowest BCUT2D eigenvalue weighted by Gasteiger charge is -2.24. The molecule has 3 aliphatic rings. The second-order valence-corrected chi connectivity index (χ2v) is 11.2. The van der Waals surface area contributed by atoms with Crippen LogP contribution >= 0.6 is 11.6 Å². The molecule has 0 unspecified atom stereocenters. The lowest BCUT2D eigenvalue weighted by molar-refractivity contribution is 0.640. The highest BCUT2D eigenvalue weighted by Gasteiger charge is 2.38. The Morgan fingerprint density at radius 1 is 0.943 bits per heavy atom. The van der Waals surface area contributed by atoms with Gasteiger partial charge in [-0.05, 0) is 78.0 Å². The standard InChI is InChI=1S/C31H34ClN3/c1-30(2)24-19-22(33)15-16-25(24)34-27(30)17-13-20-9-8-10-21(29(20)32)14-18-28-31(3,4)23-11-6-7-12-26(23)35(28)5/h6-7,11-19H,8-10,33H2,1-5H3/b17-13+,21-14+,28-18+. The molecule has 0 fully saturated rings. The van der Waals surface area contributed by atoms with Gasteiger partial charge in [0.1, 0.15) is 0 Å². The maximum atomic E-state index is 6.96. The first-order valence-corrected chi connectivity index (χ1v) is 12.8. The Bertz CT molecular complexity index is 1350. The zero-order valence-electron chi connectivity index (χ0n) is 21.3. The summed E-state index contributed by atoms with van der Waals surface area (Å²) >= 11 is 6.96. The van der Waals surface area contributed by atoms with E-state index >= 15 is 0 Å². The molecule has 1 aliphatic carbocycles. The molecule has 2 aromatic rings. The molecule has 35 heavy (non-hydrogen) atoms. The van der Waals surface area contributed by atoms with Crippen molar-refractivity contribution in [3.05, 3.63) is 99.8 Å². The van der Waals surface area contributed by atoms with Gasteiger partial charge in [-0.3, -0.25) is 4.99 Å². The van der Waals surface area contributed by atoms with Crippen LogP contribution in [0.1, 0.15) is 58.1 Å². The minimum absolute atomic E-state index is 0.0411. The van der Waals surface area contributed by atoms with Crippen LogP contribution in [0.3, 0.4) is 0 Å². The lowest BCUT2D eigenvalue weighted by atomic mass is 9.81. The van der Waals surface area contributed by atoms with Gasteiger partial charge >= 0.3 is 0 Å². The van der Waals surface area contributed by atoms with Gasteiger partial charge in [-0.25, -0.2) is 0 Å². The molecule has 0 amide bonds. The molecule has 5 rings (SSSR count). The number of nitrogens with two attached hydrogens (primary N) is 1. The second-order valence-electron chi connectivity index (χ2n) is 10.9. The van der Waals surface area contributed by atoms with E-state index in [0.717, 1.165) is 41.4 Å². The Morgan fingerprint density at radius 3 is 2.49 bits per heavy atom. The summed E-state index contributed by atoms with van der Waals surface area (Å²) < 4.78 is 0. The van der Waals surface area contributed by atoms with Crippen LogP contribution in [0, 0.1) is 0 Å². The first-order chi connectivity index (χ1) is 16.6. The van der Waals surface area contributed by atoms with E-state index in [0.29, 0.717) is 0 Å². The minimum Gasteiger partial charge on any atom is -0.399 e. The normalized spacial score (nSPS) is 22.8. The number of para-hydroxylation sites is 1. The second kappa shape index (κ2) is 8.57. The van der Waals surface area contributed by atoms with E-state index in [1.165, 1.54) is 33.7 Å². The number of allylic oxidation sites excluding steroid dienone is 8. The number of aliphatic imine (C=N–C) groups is 1. The number of anilines is 2. The summed E-state index contributed by atoms with van der Waals surface area (Å²) in [7, 11) is 2.15. The summed E-state index contributed by atoms with van der Waals surface area (Å²) in [6.45, 7) is 8.99. The van der Waals surface area contributed by atoms with Crippen molar-refractivity contribution in [1.29, 1.82) is 0 Å². The molecule has 0 saturated heterocycles. The first kappa shape index (κ1) is 23.7. The number of nitrogen functional groups attached to an aromatic ring is 1. The molecule has 2 aliphatic heterocycles. The maximum absolute atomic E-state index is 6.96. The number of hydrogen-bond donors (Lipinski definition) is 1. The van der Waals surface area contributed by atoms with E-state index in [1.54, 1.807) is 0 Å². The predicted molar refractivity (Wildman–Crippen MR) is 151 cm³/mol.